The molecule has 72 valence electrons. The second-order valence-corrected chi connectivity index (χ2v) is 3.00. The second kappa shape index (κ2) is 8.33. The van der Waals surface area contributed by atoms with Crippen LogP contribution in [0.15, 0.2) is 0 Å². The first-order chi connectivity index (χ1) is 5.77. The van der Waals surface area contributed by atoms with Gasteiger partial charge in [0.25, 0.3) is 0 Å². The highest BCUT2D eigenvalue weighted by Crippen LogP contribution is 1.99. The third-order valence-electron chi connectivity index (χ3n) is 1.76. The number of unbranched alkanes of at least 4 members (excludes halogenated alkanes) is 4. The molecule has 0 aliphatic rings. The molecule has 0 saturated heterocycles. The lowest BCUT2D eigenvalue weighted by molar-refractivity contribution is -0.459. The number of nitrogens with two attached hydrogens (primary N) is 2. The lowest BCUT2D eigenvalue weighted by Crippen LogP contribution is -2.78. The van der Waals surface area contributed by atoms with Crippen LogP contribution in [0.5, 0.6) is 0 Å². The van der Waals surface area contributed by atoms with Gasteiger partial charge in [0, 0.05) is 0 Å². The number of hydrogen-bond acceptors (Lipinski definition) is 0. The van der Waals surface area contributed by atoms with E-state index < -0.39 is 0 Å². The fraction of sp³-hybridized carbons (Fsp3) is 0.875. The zero-order chi connectivity index (χ0) is 9.23. The molecule has 12 heavy (non-hydrogen) atoms. The van der Waals surface area contributed by atoms with Crippen LogP contribution >= 0.6 is 0 Å². The van der Waals surface area contributed by atoms with Gasteiger partial charge >= 0.3 is 5.96 Å². The van der Waals surface area contributed by atoms with Crippen molar-refractivity contribution in [3.63, 3.8) is 0 Å². The maximum Gasteiger partial charge on any atom is 0.338 e. The maximum atomic E-state index is 5.23. The summed E-state index contributed by atoms with van der Waals surface area (Å²) in [5.74, 6) is 0.327. The van der Waals surface area contributed by atoms with E-state index in [2.05, 4.69) is 10.7 Å². The lowest BCUT2D eigenvalue weighted by atomic mass is 10.1. The molecule has 4 heteroatoms. The van der Waals surface area contributed by atoms with Crippen LogP contribution in [0.25, 0.3) is 0 Å². The minimum Gasteiger partial charge on any atom is -0.358 e. The molecule has 0 aromatic rings. The van der Waals surface area contributed by atoms with Crippen molar-refractivity contribution < 1.29 is 10.7 Å². The Morgan fingerprint density at radius 3 is 2.17 bits per heavy atom. The molecule has 8 N–H and O–H groups in total. The Morgan fingerprint density at radius 1 is 1.00 bits per heavy atom. The van der Waals surface area contributed by atoms with Crippen molar-refractivity contribution in [2.24, 2.45) is 11.5 Å². The van der Waals surface area contributed by atoms with E-state index in [-0.39, 0.29) is 0 Å². The lowest BCUT2D eigenvalue weighted by Gasteiger charge is -1.96. The van der Waals surface area contributed by atoms with Gasteiger partial charge in [-0.25, -0.2) is 0 Å². The summed E-state index contributed by atoms with van der Waals surface area (Å²) in [6, 6.07) is 0. The molecule has 0 aliphatic heterocycles. The smallest absolute Gasteiger partial charge is 0.338 e. The van der Waals surface area contributed by atoms with Gasteiger partial charge in [0.2, 0.25) is 0 Å². The predicted molar refractivity (Wildman–Crippen MR) is 50.1 cm³/mol. The molecule has 0 aromatic heterocycles. The highest BCUT2D eigenvalue weighted by Gasteiger charge is 1.90. The summed E-state index contributed by atoms with van der Waals surface area (Å²) in [7, 11) is 0. The number of guanidine groups is 1. The van der Waals surface area contributed by atoms with Gasteiger partial charge < -0.3 is 5.73 Å². The average molecular weight is 174 g/mol. The molecular formula is C8H22N4+2. The van der Waals surface area contributed by atoms with Gasteiger partial charge in [-0.1, -0.05) is 12.8 Å². The van der Waals surface area contributed by atoms with Crippen molar-refractivity contribution in [3.05, 3.63) is 0 Å². The predicted octanol–water partition coefficient (Wildman–Crippen LogP) is -2.47. The molecule has 0 bridgehead atoms. The third-order valence-corrected chi connectivity index (χ3v) is 1.76. The van der Waals surface area contributed by atoms with Crippen LogP contribution in [0.1, 0.15) is 32.1 Å². The Kier molecular flexibility index (Phi) is 7.79. The molecule has 0 atom stereocenters. The molecular weight excluding hydrogens is 152 g/mol. The van der Waals surface area contributed by atoms with Crippen molar-refractivity contribution >= 4 is 5.96 Å². The van der Waals surface area contributed by atoms with Gasteiger partial charge in [-0.2, -0.15) is 0 Å². The summed E-state index contributed by atoms with van der Waals surface area (Å²) in [5, 5.41) is 0. The zero-order valence-corrected chi connectivity index (χ0v) is 7.81. The third kappa shape index (κ3) is 9.23. The van der Waals surface area contributed by atoms with Crippen LogP contribution in [-0.2, 0) is 0 Å². The van der Waals surface area contributed by atoms with E-state index in [1.54, 1.807) is 0 Å². The van der Waals surface area contributed by atoms with Gasteiger partial charge in [-0.3, -0.25) is 16.5 Å². The summed E-state index contributed by atoms with van der Waals surface area (Å²) in [6.07, 6.45) is 6.24. The summed E-state index contributed by atoms with van der Waals surface area (Å²) >= 11 is 0. The quantitative estimate of drug-likeness (QED) is 0.196. The van der Waals surface area contributed by atoms with Crippen molar-refractivity contribution in [3.8, 4) is 0 Å². The van der Waals surface area contributed by atoms with Crippen molar-refractivity contribution in [2.75, 3.05) is 13.1 Å². The van der Waals surface area contributed by atoms with Gasteiger partial charge in [0.05, 0.1) is 13.1 Å². The summed E-state index contributed by atoms with van der Waals surface area (Å²) in [4.78, 5) is 2.90. The topological polar surface area (TPSA) is 93.7 Å². The summed E-state index contributed by atoms with van der Waals surface area (Å²) < 4.78 is 0. The Labute approximate surface area is 74.2 Å². The molecule has 0 heterocycles. The van der Waals surface area contributed by atoms with Crippen LogP contribution in [0, 0.1) is 0 Å². The molecule has 0 aliphatic carbocycles. The van der Waals surface area contributed by atoms with Gasteiger partial charge in [0.15, 0.2) is 0 Å². The Bertz CT molecular complexity index is 118. The standard InChI is InChI=1S/C8H20N4/c9-6-4-2-1-3-5-7-12-8(10)11/h1-7,9H2,(H4,10,11,12)/p+2. The van der Waals surface area contributed by atoms with E-state index in [9.17, 15) is 0 Å². The highest BCUT2D eigenvalue weighted by molar-refractivity contribution is 5.69. The number of hydrogen-bond donors (Lipinski definition) is 4. The molecule has 0 saturated carbocycles. The summed E-state index contributed by atoms with van der Waals surface area (Å²) in [5.41, 5.74) is 14.3. The molecule has 0 radical (unpaired) electrons. The van der Waals surface area contributed by atoms with Crippen LogP contribution in [0.2, 0.25) is 0 Å². The largest absolute Gasteiger partial charge is 0.358 e. The normalized spacial score (nSPS) is 9.75. The minimum atomic E-state index is 0.327. The van der Waals surface area contributed by atoms with Crippen molar-refractivity contribution in [1.29, 1.82) is 0 Å². The van der Waals surface area contributed by atoms with Gasteiger partial charge in [-0.05, 0) is 19.3 Å². The average Bonchev–Trinajstić information content (AvgIpc) is 2.02. The molecule has 0 aromatic carbocycles. The van der Waals surface area contributed by atoms with E-state index in [4.69, 9.17) is 11.5 Å². The molecule has 0 amide bonds. The number of quaternary nitrogens is 1. The Morgan fingerprint density at radius 2 is 1.58 bits per heavy atom. The molecule has 0 rings (SSSR count). The first kappa shape index (κ1) is 11.2. The van der Waals surface area contributed by atoms with Crippen molar-refractivity contribution in [2.45, 2.75) is 32.1 Å². The number of nitrogens with one attached hydrogen (secondary N) is 1. The van der Waals surface area contributed by atoms with E-state index >= 15 is 0 Å². The van der Waals surface area contributed by atoms with Crippen LogP contribution in [-0.4, -0.2) is 19.0 Å². The first-order valence-corrected chi connectivity index (χ1v) is 4.68. The molecule has 0 fully saturated rings. The van der Waals surface area contributed by atoms with Gasteiger partial charge in [-0.15, -0.1) is 0 Å². The van der Waals surface area contributed by atoms with E-state index in [1.165, 1.54) is 25.7 Å². The molecule has 0 spiro atoms. The zero-order valence-electron chi connectivity index (χ0n) is 7.81. The first-order valence-electron chi connectivity index (χ1n) is 4.68. The van der Waals surface area contributed by atoms with Crippen LogP contribution < -0.4 is 22.2 Å². The van der Waals surface area contributed by atoms with E-state index in [0.717, 1.165) is 19.5 Å². The monoisotopic (exact) mass is 174 g/mol. The van der Waals surface area contributed by atoms with E-state index in [0.29, 0.717) is 5.96 Å². The molecule has 4 nitrogen and oxygen atoms in total. The summed E-state index contributed by atoms with van der Waals surface area (Å²) in [6.45, 7) is 1.95. The fourth-order valence-corrected chi connectivity index (χ4v) is 1.06. The van der Waals surface area contributed by atoms with Gasteiger partial charge in [0.1, 0.15) is 0 Å². The van der Waals surface area contributed by atoms with Crippen LogP contribution in [0.3, 0.4) is 0 Å². The fourth-order valence-electron chi connectivity index (χ4n) is 1.06. The minimum absolute atomic E-state index is 0.327. The Balaban J connectivity index is 2.96. The van der Waals surface area contributed by atoms with Crippen molar-refractivity contribution in [1.82, 2.24) is 0 Å². The Hall–Kier alpha value is -0.770. The SMILES string of the molecule is NC(N)=[NH+]CCCCCCC[NH3+]. The number of rotatable bonds is 7. The molecule has 0 unspecified atom stereocenters. The maximum absolute atomic E-state index is 5.23. The van der Waals surface area contributed by atoms with Crippen LogP contribution in [0.4, 0.5) is 0 Å². The van der Waals surface area contributed by atoms with E-state index in [1.807, 2.05) is 0 Å². The second-order valence-electron chi connectivity index (χ2n) is 3.00. The highest BCUT2D eigenvalue weighted by atomic mass is 15.0.